The van der Waals surface area contributed by atoms with Crippen molar-refractivity contribution in [2.24, 2.45) is 5.92 Å². The van der Waals surface area contributed by atoms with Crippen LogP contribution in [-0.4, -0.2) is 9.97 Å². The van der Waals surface area contributed by atoms with Crippen LogP contribution in [0.3, 0.4) is 0 Å². The first-order valence-corrected chi connectivity index (χ1v) is 7.46. The summed E-state index contributed by atoms with van der Waals surface area (Å²) in [5.74, 6) is 2.81. The number of hydrogen-bond acceptors (Lipinski definition) is 3. The van der Waals surface area contributed by atoms with Crippen LogP contribution in [0.25, 0.3) is 11.3 Å². The number of nitrogens with two attached hydrogens (primary N) is 1. The molecule has 1 aliphatic rings. The van der Waals surface area contributed by atoms with Crippen molar-refractivity contribution < 1.29 is 0 Å². The van der Waals surface area contributed by atoms with E-state index in [1.54, 1.807) is 0 Å². The smallest absolute Gasteiger partial charge is 0.134 e. The third-order valence-electron chi connectivity index (χ3n) is 4.32. The first-order valence-electron chi connectivity index (χ1n) is 7.46. The Kier molecular flexibility index (Phi) is 3.68. The van der Waals surface area contributed by atoms with Gasteiger partial charge >= 0.3 is 0 Å². The molecular formula is C17H21N3. The van der Waals surface area contributed by atoms with Crippen LogP contribution in [0.4, 0.5) is 5.82 Å². The van der Waals surface area contributed by atoms with E-state index in [0.717, 1.165) is 23.0 Å². The Hall–Kier alpha value is -1.90. The summed E-state index contributed by atoms with van der Waals surface area (Å²) in [5.41, 5.74) is 8.02. The van der Waals surface area contributed by atoms with Gasteiger partial charge in [-0.3, -0.25) is 0 Å². The molecule has 0 aliphatic heterocycles. The Morgan fingerprint density at radius 2 is 1.95 bits per heavy atom. The summed E-state index contributed by atoms with van der Waals surface area (Å²) in [5, 5.41) is 0. The van der Waals surface area contributed by atoms with Gasteiger partial charge in [-0.15, -0.1) is 0 Å². The highest BCUT2D eigenvalue weighted by Crippen LogP contribution is 2.38. The largest absolute Gasteiger partial charge is 0.384 e. The first-order chi connectivity index (χ1) is 9.76. The maximum Gasteiger partial charge on any atom is 0.134 e. The third-order valence-corrected chi connectivity index (χ3v) is 4.32. The van der Waals surface area contributed by atoms with Crippen molar-refractivity contribution in [3.05, 3.63) is 42.2 Å². The van der Waals surface area contributed by atoms with Crippen molar-refractivity contribution in [1.82, 2.24) is 9.97 Å². The molecule has 2 atom stereocenters. The first kappa shape index (κ1) is 13.1. The molecule has 0 spiro atoms. The lowest BCUT2D eigenvalue weighted by Crippen LogP contribution is -2.05. The van der Waals surface area contributed by atoms with E-state index >= 15 is 0 Å². The number of nitrogen functional groups attached to an aromatic ring is 1. The molecule has 2 unspecified atom stereocenters. The van der Waals surface area contributed by atoms with Crippen LogP contribution in [0.2, 0.25) is 0 Å². The van der Waals surface area contributed by atoms with Crippen LogP contribution >= 0.6 is 0 Å². The molecule has 2 N–H and O–H groups in total. The number of benzene rings is 1. The standard InChI is InChI=1S/C17H21N3/c1-2-12-8-9-14(10-12)17-19-15(11-16(18)20-17)13-6-4-3-5-7-13/h3-7,11-12,14H,2,8-10H2,1H3,(H2,18,19,20). The summed E-state index contributed by atoms with van der Waals surface area (Å²) in [4.78, 5) is 9.24. The number of nitrogens with zero attached hydrogens (tertiary/aromatic N) is 2. The topological polar surface area (TPSA) is 51.8 Å². The summed E-state index contributed by atoms with van der Waals surface area (Å²) >= 11 is 0. The molecule has 1 saturated carbocycles. The van der Waals surface area contributed by atoms with Crippen LogP contribution in [0.15, 0.2) is 36.4 Å². The molecule has 3 heteroatoms. The lowest BCUT2D eigenvalue weighted by atomic mass is 10.0. The molecule has 0 amide bonds. The van der Waals surface area contributed by atoms with Gasteiger partial charge in [-0.2, -0.15) is 0 Å². The highest BCUT2D eigenvalue weighted by molar-refractivity contribution is 5.61. The van der Waals surface area contributed by atoms with Gasteiger partial charge in [-0.25, -0.2) is 9.97 Å². The van der Waals surface area contributed by atoms with Gasteiger partial charge in [-0.05, 0) is 25.2 Å². The second-order valence-corrected chi connectivity index (χ2v) is 5.69. The van der Waals surface area contributed by atoms with Gasteiger partial charge in [0.05, 0.1) is 5.69 Å². The minimum atomic E-state index is 0.478. The van der Waals surface area contributed by atoms with E-state index in [1.165, 1.54) is 25.7 Å². The average molecular weight is 267 g/mol. The summed E-state index contributed by atoms with van der Waals surface area (Å²) < 4.78 is 0. The van der Waals surface area contributed by atoms with Crippen LogP contribution in [-0.2, 0) is 0 Å². The van der Waals surface area contributed by atoms with Gasteiger partial charge in [0.25, 0.3) is 0 Å². The average Bonchev–Trinajstić information content (AvgIpc) is 2.96. The summed E-state index contributed by atoms with van der Waals surface area (Å²) in [7, 11) is 0. The molecule has 1 fully saturated rings. The summed E-state index contributed by atoms with van der Waals surface area (Å²) in [6, 6.07) is 12.1. The molecule has 3 nitrogen and oxygen atoms in total. The fraction of sp³-hybridized carbons (Fsp3) is 0.412. The van der Waals surface area contributed by atoms with Crippen molar-refractivity contribution in [2.75, 3.05) is 5.73 Å². The fourth-order valence-electron chi connectivity index (χ4n) is 3.10. The molecule has 2 aromatic rings. The normalized spacial score (nSPS) is 22.1. The van der Waals surface area contributed by atoms with Crippen LogP contribution in [0, 0.1) is 5.92 Å². The summed E-state index contributed by atoms with van der Waals surface area (Å²) in [6.45, 7) is 2.27. The molecule has 20 heavy (non-hydrogen) atoms. The second kappa shape index (κ2) is 5.61. The van der Waals surface area contributed by atoms with E-state index in [-0.39, 0.29) is 0 Å². The van der Waals surface area contributed by atoms with E-state index < -0.39 is 0 Å². The van der Waals surface area contributed by atoms with Gasteiger partial charge in [0.2, 0.25) is 0 Å². The lowest BCUT2D eigenvalue weighted by Gasteiger charge is -2.11. The number of anilines is 1. The molecule has 1 aromatic carbocycles. The number of rotatable bonds is 3. The Morgan fingerprint density at radius 1 is 1.15 bits per heavy atom. The maximum atomic E-state index is 5.98. The van der Waals surface area contributed by atoms with E-state index in [1.807, 2.05) is 24.3 Å². The van der Waals surface area contributed by atoms with Crippen molar-refractivity contribution in [1.29, 1.82) is 0 Å². The molecule has 1 heterocycles. The van der Waals surface area contributed by atoms with Crippen LogP contribution < -0.4 is 5.73 Å². The molecule has 0 saturated heterocycles. The minimum Gasteiger partial charge on any atom is -0.384 e. The highest BCUT2D eigenvalue weighted by Gasteiger charge is 2.27. The number of hydrogen-bond donors (Lipinski definition) is 1. The monoisotopic (exact) mass is 267 g/mol. The molecule has 1 aliphatic carbocycles. The van der Waals surface area contributed by atoms with Gasteiger partial charge in [0, 0.05) is 17.5 Å². The zero-order valence-corrected chi connectivity index (χ0v) is 11.9. The van der Waals surface area contributed by atoms with Crippen LogP contribution in [0.1, 0.15) is 44.3 Å². The molecule has 3 rings (SSSR count). The molecule has 0 radical (unpaired) electrons. The van der Waals surface area contributed by atoms with E-state index in [0.29, 0.717) is 11.7 Å². The number of aromatic nitrogens is 2. The molecule has 104 valence electrons. The van der Waals surface area contributed by atoms with Crippen molar-refractivity contribution in [3.8, 4) is 11.3 Å². The Balaban J connectivity index is 1.92. The van der Waals surface area contributed by atoms with Gasteiger partial charge in [0.15, 0.2) is 0 Å². The van der Waals surface area contributed by atoms with E-state index in [2.05, 4.69) is 24.0 Å². The second-order valence-electron chi connectivity index (χ2n) is 5.69. The summed E-state index contributed by atoms with van der Waals surface area (Å²) in [6.07, 6.45) is 4.94. The Bertz CT molecular complexity index is 580. The SMILES string of the molecule is CCC1CCC(c2nc(N)cc(-c3ccccc3)n2)C1. The van der Waals surface area contributed by atoms with Gasteiger partial charge in [0.1, 0.15) is 11.6 Å². The van der Waals surface area contributed by atoms with E-state index in [4.69, 9.17) is 10.7 Å². The fourth-order valence-corrected chi connectivity index (χ4v) is 3.10. The highest BCUT2D eigenvalue weighted by atomic mass is 15.0. The minimum absolute atomic E-state index is 0.478. The van der Waals surface area contributed by atoms with Crippen molar-refractivity contribution in [2.45, 2.75) is 38.5 Å². The zero-order chi connectivity index (χ0) is 13.9. The molecule has 0 bridgehead atoms. The van der Waals surface area contributed by atoms with Gasteiger partial charge in [-0.1, -0.05) is 43.7 Å². The van der Waals surface area contributed by atoms with Crippen LogP contribution in [0.5, 0.6) is 0 Å². The van der Waals surface area contributed by atoms with Crippen molar-refractivity contribution >= 4 is 5.82 Å². The third kappa shape index (κ3) is 2.67. The maximum absolute atomic E-state index is 5.98. The predicted molar refractivity (Wildman–Crippen MR) is 82.3 cm³/mol. The zero-order valence-electron chi connectivity index (χ0n) is 11.9. The Labute approximate surface area is 120 Å². The lowest BCUT2D eigenvalue weighted by molar-refractivity contribution is 0.517. The molecule has 1 aromatic heterocycles. The predicted octanol–water partition coefficient (Wildman–Crippen LogP) is 4.02. The van der Waals surface area contributed by atoms with E-state index in [9.17, 15) is 0 Å². The van der Waals surface area contributed by atoms with Crippen molar-refractivity contribution in [3.63, 3.8) is 0 Å². The quantitative estimate of drug-likeness (QED) is 0.913. The Morgan fingerprint density at radius 3 is 2.65 bits per heavy atom. The van der Waals surface area contributed by atoms with Gasteiger partial charge < -0.3 is 5.73 Å². The molecular weight excluding hydrogens is 246 g/mol.